The van der Waals surface area contributed by atoms with Crippen LogP contribution in [0.2, 0.25) is 0 Å². The van der Waals surface area contributed by atoms with Crippen LogP contribution < -0.4 is 0 Å². The zero-order valence-corrected chi connectivity index (χ0v) is 15.4. The van der Waals surface area contributed by atoms with Crippen LogP contribution in [0.1, 0.15) is 34.2 Å². The number of hydrogen-bond acceptors (Lipinski definition) is 7. The Kier molecular flexibility index (Phi) is 4.52. The molecule has 3 rings (SSSR count). The molecule has 0 aromatic carbocycles. The largest absolute Gasteiger partial charge is 0.344 e. The molecule has 2 aromatic rings. The molecule has 130 valence electrons. The van der Waals surface area contributed by atoms with Gasteiger partial charge in [0.15, 0.2) is 15.6 Å². The molecule has 24 heavy (non-hydrogen) atoms. The van der Waals surface area contributed by atoms with Crippen LogP contribution in [0.5, 0.6) is 0 Å². The Morgan fingerprint density at radius 3 is 2.75 bits per heavy atom. The van der Waals surface area contributed by atoms with Crippen molar-refractivity contribution in [3.05, 3.63) is 23.0 Å². The highest BCUT2D eigenvalue weighted by atomic mass is 32.2. The van der Waals surface area contributed by atoms with E-state index in [2.05, 4.69) is 15.5 Å². The summed E-state index contributed by atoms with van der Waals surface area (Å²) in [5.41, 5.74) is 2.39. The number of Topliss-reactive ketones (excluding diaryl/α,β-unsaturated/α-hetero) is 1. The summed E-state index contributed by atoms with van der Waals surface area (Å²) in [5.74, 6) is 0.591. The number of sulfone groups is 1. The van der Waals surface area contributed by atoms with E-state index >= 15 is 0 Å². The van der Waals surface area contributed by atoms with Crippen molar-refractivity contribution >= 4 is 27.4 Å². The topological polar surface area (TPSA) is 99.7 Å². The number of thioether (sulfide) groups is 1. The maximum atomic E-state index is 12.5. The molecule has 0 amide bonds. The van der Waals surface area contributed by atoms with Gasteiger partial charge in [-0.1, -0.05) is 11.8 Å². The van der Waals surface area contributed by atoms with E-state index in [9.17, 15) is 13.2 Å². The quantitative estimate of drug-likeness (QED) is 0.572. The molecule has 0 bridgehead atoms. The second-order valence-electron chi connectivity index (χ2n) is 6.01. The molecule has 0 aliphatic carbocycles. The van der Waals surface area contributed by atoms with Crippen LogP contribution in [0, 0.1) is 13.8 Å². The van der Waals surface area contributed by atoms with Crippen LogP contribution in [0.15, 0.2) is 11.2 Å². The van der Waals surface area contributed by atoms with Crippen molar-refractivity contribution < 1.29 is 13.2 Å². The first-order chi connectivity index (χ1) is 11.3. The number of carbonyl (C=O) groups is 1. The molecule has 1 saturated heterocycles. The molecule has 0 saturated carbocycles. The summed E-state index contributed by atoms with van der Waals surface area (Å²) in [4.78, 5) is 12.5. The fourth-order valence-electron chi connectivity index (χ4n) is 3.15. The van der Waals surface area contributed by atoms with E-state index in [4.69, 9.17) is 0 Å². The second kappa shape index (κ2) is 6.32. The van der Waals surface area contributed by atoms with E-state index in [0.29, 0.717) is 17.1 Å². The molecule has 0 N–H and O–H groups in total. The molecule has 1 aliphatic heterocycles. The Hall–Kier alpha value is -1.68. The van der Waals surface area contributed by atoms with Crippen LogP contribution in [0.4, 0.5) is 0 Å². The summed E-state index contributed by atoms with van der Waals surface area (Å²) in [7, 11) is -1.25. The van der Waals surface area contributed by atoms with E-state index in [0.717, 1.165) is 11.4 Å². The minimum Gasteiger partial charge on any atom is -0.344 e. The third kappa shape index (κ3) is 3.25. The smallest absolute Gasteiger partial charge is 0.209 e. The maximum Gasteiger partial charge on any atom is 0.209 e. The van der Waals surface area contributed by atoms with Crippen molar-refractivity contribution in [1.29, 1.82) is 0 Å². The molecule has 0 spiro atoms. The molecule has 3 heterocycles. The van der Waals surface area contributed by atoms with Gasteiger partial charge >= 0.3 is 0 Å². The monoisotopic (exact) mass is 369 g/mol. The number of aryl methyl sites for hydroxylation is 2. The lowest BCUT2D eigenvalue weighted by molar-refractivity contribution is 0.102. The molecule has 10 heteroatoms. The Morgan fingerprint density at radius 1 is 1.42 bits per heavy atom. The Balaban J connectivity index is 1.78. The predicted molar refractivity (Wildman–Crippen MR) is 90.1 cm³/mol. The minimum atomic E-state index is -2.97. The van der Waals surface area contributed by atoms with Gasteiger partial charge in [0, 0.05) is 30.0 Å². The molecule has 2 aromatic heterocycles. The second-order valence-corrected chi connectivity index (χ2v) is 9.18. The first kappa shape index (κ1) is 17.2. The summed E-state index contributed by atoms with van der Waals surface area (Å²) >= 11 is 1.28. The van der Waals surface area contributed by atoms with Crippen LogP contribution in [0.3, 0.4) is 0 Å². The number of aromatic nitrogens is 5. The van der Waals surface area contributed by atoms with Crippen molar-refractivity contribution in [2.24, 2.45) is 7.05 Å². The third-order valence-electron chi connectivity index (χ3n) is 4.27. The van der Waals surface area contributed by atoms with E-state index in [1.807, 2.05) is 24.5 Å². The van der Waals surface area contributed by atoms with Gasteiger partial charge in [-0.15, -0.1) is 5.10 Å². The van der Waals surface area contributed by atoms with Gasteiger partial charge in [0.05, 0.1) is 17.3 Å². The third-order valence-corrected chi connectivity index (χ3v) is 7.03. The van der Waals surface area contributed by atoms with Crippen LogP contribution in [-0.4, -0.2) is 56.2 Å². The molecule has 1 fully saturated rings. The molecular weight excluding hydrogens is 350 g/mol. The normalized spacial score (nSPS) is 19.7. The fourth-order valence-corrected chi connectivity index (χ4v) is 5.58. The molecular formula is C14H19N5O3S2. The van der Waals surface area contributed by atoms with Crippen LogP contribution in [-0.2, 0) is 16.9 Å². The zero-order valence-electron chi connectivity index (χ0n) is 13.8. The summed E-state index contributed by atoms with van der Waals surface area (Å²) in [6.45, 7) is 3.79. The van der Waals surface area contributed by atoms with Gasteiger partial charge in [-0.3, -0.25) is 4.79 Å². The van der Waals surface area contributed by atoms with Gasteiger partial charge in [-0.25, -0.2) is 13.1 Å². The summed E-state index contributed by atoms with van der Waals surface area (Å²) < 4.78 is 27.0. The van der Waals surface area contributed by atoms with Gasteiger partial charge in [0.1, 0.15) is 0 Å². The predicted octanol–water partition coefficient (Wildman–Crippen LogP) is 0.963. The Bertz CT molecular complexity index is 884. The van der Waals surface area contributed by atoms with E-state index in [-0.39, 0.29) is 29.1 Å². The molecule has 1 aliphatic rings. The lowest BCUT2D eigenvalue weighted by Gasteiger charge is -2.16. The molecule has 1 atom stereocenters. The highest BCUT2D eigenvalue weighted by Gasteiger charge is 2.31. The van der Waals surface area contributed by atoms with Crippen molar-refractivity contribution in [2.45, 2.75) is 31.5 Å². The number of rotatable bonds is 5. The Morgan fingerprint density at radius 2 is 2.17 bits per heavy atom. The lowest BCUT2D eigenvalue weighted by atomic mass is 10.2. The number of ketones is 1. The molecule has 8 nitrogen and oxygen atoms in total. The van der Waals surface area contributed by atoms with Crippen molar-refractivity contribution in [2.75, 3.05) is 17.3 Å². The highest BCUT2D eigenvalue weighted by molar-refractivity contribution is 7.99. The first-order valence-electron chi connectivity index (χ1n) is 7.55. The highest BCUT2D eigenvalue weighted by Crippen LogP contribution is 2.29. The van der Waals surface area contributed by atoms with Gasteiger partial charge in [-0.05, 0) is 36.8 Å². The SMILES string of the molecule is Cc1cc(C(=O)CSc2nnnn2C)c(C)n1C1CCS(=O)(=O)C1. The Labute approximate surface area is 144 Å². The molecule has 0 radical (unpaired) electrons. The summed E-state index contributed by atoms with van der Waals surface area (Å²) in [6, 6.07) is 1.77. The number of tetrazole rings is 1. The minimum absolute atomic E-state index is 0.0109. The van der Waals surface area contributed by atoms with Crippen molar-refractivity contribution in [1.82, 2.24) is 24.8 Å². The fraction of sp³-hybridized carbons (Fsp3) is 0.571. The first-order valence-corrected chi connectivity index (χ1v) is 10.4. The van der Waals surface area contributed by atoms with Gasteiger partial charge in [0.25, 0.3) is 0 Å². The lowest BCUT2D eigenvalue weighted by Crippen LogP contribution is -2.14. The average Bonchev–Trinajstić information content (AvgIpc) is 3.15. The molecule has 1 unspecified atom stereocenters. The van der Waals surface area contributed by atoms with Crippen LogP contribution >= 0.6 is 11.8 Å². The van der Waals surface area contributed by atoms with Gasteiger partial charge in [0.2, 0.25) is 5.16 Å². The van der Waals surface area contributed by atoms with E-state index in [1.54, 1.807) is 7.05 Å². The van der Waals surface area contributed by atoms with E-state index in [1.165, 1.54) is 16.4 Å². The summed E-state index contributed by atoms with van der Waals surface area (Å²) in [5, 5.41) is 11.7. The van der Waals surface area contributed by atoms with Gasteiger partial charge in [-0.2, -0.15) is 0 Å². The van der Waals surface area contributed by atoms with Crippen molar-refractivity contribution in [3.8, 4) is 0 Å². The van der Waals surface area contributed by atoms with Crippen LogP contribution in [0.25, 0.3) is 0 Å². The van der Waals surface area contributed by atoms with Crippen molar-refractivity contribution in [3.63, 3.8) is 0 Å². The van der Waals surface area contributed by atoms with Gasteiger partial charge < -0.3 is 4.57 Å². The average molecular weight is 369 g/mol. The van der Waals surface area contributed by atoms with E-state index < -0.39 is 9.84 Å². The number of carbonyl (C=O) groups excluding carboxylic acids is 1. The maximum absolute atomic E-state index is 12.5. The number of hydrogen-bond donors (Lipinski definition) is 0. The zero-order chi connectivity index (χ0) is 17.5. The number of nitrogens with zero attached hydrogens (tertiary/aromatic N) is 5. The summed E-state index contributed by atoms with van der Waals surface area (Å²) in [6.07, 6.45) is 0.603. The standard InChI is InChI=1S/C14H19N5O3S2/c1-9-6-12(13(20)7-23-14-15-16-17-18(14)3)10(2)19(9)11-4-5-24(21,22)8-11/h6,11H,4-5,7-8H2,1-3H3.